The van der Waals surface area contributed by atoms with Gasteiger partial charge < -0.3 is 178 Å². The second-order valence-electron chi connectivity index (χ2n) is 31.9. The first-order valence-electron chi connectivity index (χ1n) is 42.1. The van der Waals surface area contributed by atoms with E-state index in [1.165, 1.54) is 43.1 Å². The van der Waals surface area contributed by atoms with Crippen molar-refractivity contribution >= 4 is 100.0 Å². The number of hydrogen-bond donors (Lipinski definition) is 18. The summed E-state index contributed by atoms with van der Waals surface area (Å²) in [5.74, 6) is -2.19. The summed E-state index contributed by atoms with van der Waals surface area (Å²) in [5.41, 5.74) is 2.12. The number of carbonyl (C=O) groups excluding carboxylic acids is 2. The molecule has 22 fully saturated rings. The van der Waals surface area contributed by atoms with E-state index in [-0.39, 0.29) is 75.7 Å². The van der Waals surface area contributed by atoms with E-state index < -0.39 is 222 Å². The van der Waals surface area contributed by atoms with Gasteiger partial charge in [-0.2, -0.15) is 0 Å². The van der Waals surface area contributed by atoms with Gasteiger partial charge in [-0.25, -0.2) is 0 Å². The predicted octanol–water partition coefficient (Wildman–Crippen LogP) is -3.05. The summed E-state index contributed by atoms with van der Waals surface area (Å²) >= 11 is 1.82. The van der Waals surface area contributed by atoms with Crippen LogP contribution in [-0.4, -0.2) is 406 Å². The van der Waals surface area contributed by atoms with Gasteiger partial charge in [0.2, 0.25) is 11.8 Å². The summed E-state index contributed by atoms with van der Waals surface area (Å²) in [4.78, 5) is 26.6. The molecule has 0 spiro atoms. The van der Waals surface area contributed by atoms with E-state index in [0.29, 0.717) is 39.6 Å². The molecule has 22 heterocycles. The van der Waals surface area contributed by atoms with Gasteiger partial charge in [-0.15, -0.1) is 23.5 Å². The van der Waals surface area contributed by atoms with Crippen LogP contribution in [0, 0.1) is 0 Å². The molecular weight excluding hydrogens is 1700 g/mol. The van der Waals surface area contributed by atoms with Gasteiger partial charge in [-0.3, -0.25) is 9.59 Å². The highest BCUT2D eigenvalue weighted by Gasteiger charge is 2.59. The van der Waals surface area contributed by atoms with Crippen molar-refractivity contribution in [1.82, 2.24) is 10.6 Å². The number of aliphatic hydroxyl groups is 16. The van der Waals surface area contributed by atoms with Gasteiger partial charge in [-0.1, -0.05) is 109 Å². The van der Waals surface area contributed by atoms with Gasteiger partial charge in [0.25, 0.3) is 0 Å². The fourth-order valence-corrected chi connectivity index (χ4v) is 19.0. The molecule has 18 N–H and O–H groups in total. The summed E-state index contributed by atoms with van der Waals surface area (Å²) in [7, 11) is 0. The fourth-order valence-electron chi connectivity index (χ4n) is 17.2. The maximum Gasteiger partial charge on any atom is 0.230 e. The van der Waals surface area contributed by atoms with Crippen molar-refractivity contribution < 1.29 is 177 Å². The first-order valence-corrected chi connectivity index (χ1v) is 44.4. The number of hydrogen-bond acceptors (Lipinski definition) is 38. The van der Waals surface area contributed by atoms with Crippen molar-refractivity contribution in [3.63, 3.8) is 0 Å². The van der Waals surface area contributed by atoms with Crippen LogP contribution >= 0.6 is 23.5 Å². The fraction of sp³-hybridized carbons (Fsp3) is 0.605. The Morgan fingerprint density at radius 3 is 0.802 bits per heavy atom. The molecule has 126 heavy (non-hydrogen) atoms. The lowest BCUT2D eigenvalue weighted by Crippen LogP contribution is -2.69. The Morgan fingerprint density at radius 1 is 0.278 bits per heavy atom. The molecule has 12 bridgehead atoms. The number of ether oxygens (including phenoxy) is 18. The molecule has 38 nitrogen and oxygen atoms in total. The monoisotopic (exact) mass is 1810 g/mol. The molecule has 30 rings (SSSR count). The second kappa shape index (κ2) is 44.1. The van der Waals surface area contributed by atoms with Crippen molar-refractivity contribution in [2.75, 3.05) is 129 Å². The normalized spacial score (nSPS) is 34.8. The Hall–Kier alpha value is -5.88. The number of thioether (sulfide) groups is 2. The average Bonchev–Trinajstić information content (AvgIpc) is 0.771. The van der Waals surface area contributed by atoms with Crippen LogP contribution in [-0.2, 0) is 108 Å². The quantitative estimate of drug-likeness (QED) is 0.0141. The lowest BCUT2D eigenvalue weighted by molar-refractivity contribution is -0.401. The number of carbonyl (C=O) groups is 2. The minimum atomic E-state index is -2.22. The molecular formula is C86H110N2O36S2. The molecule has 8 aromatic carbocycles. The van der Waals surface area contributed by atoms with E-state index >= 15 is 0 Å². The van der Waals surface area contributed by atoms with Crippen LogP contribution in [0.2, 0.25) is 0 Å². The van der Waals surface area contributed by atoms with Gasteiger partial charge >= 0.3 is 0 Å². The maximum absolute atomic E-state index is 13.3. The number of aliphatic hydroxyl groups excluding tert-OH is 16. The summed E-state index contributed by atoms with van der Waals surface area (Å²) in [6.45, 7) is -0.915. The van der Waals surface area contributed by atoms with Gasteiger partial charge in [0.1, 0.15) is 134 Å². The van der Waals surface area contributed by atoms with E-state index in [0.717, 1.165) is 56.2 Å². The van der Waals surface area contributed by atoms with Crippen LogP contribution in [0.1, 0.15) is 11.1 Å². The van der Waals surface area contributed by atoms with Crippen molar-refractivity contribution in [3.8, 4) is 0 Å². The lowest BCUT2D eigenvalue weighted by atomic mass is 9.92. The van der Waals surface area contributed by atoms with Crippen LogP contribution in [0.15, 0.2) is 109 Å². The summed E-state index contributed by atoms with van der Waals surface area (Å²) in [5, 5.41) is 205. The van der Waals surface area contributed by atoms with Crippen molar-refractivity contribution in [2.45, 2.75) is 197 Å². The van der Waals surface area contributed by atoms with Crippen LogP contribution in [0.5, 0.6) is 0 Å². The highest BCUT2D eigenvalue weighted by Crippen LogP contribution is 2.43. The highest BCUT2D eigenvalue weighted by molar-refractivity contribution is 8.00. The number of nitrogens with one attached hydrogen (secondary N) is 2. The zero-order valence-electron chi connectivity index (χ0n) is 68.4. The minimum Gasteiger partial charge on any atom is -0.394 e. The Bertz CT molecular complexity index is 4450. The average molecular weight is 1810 g/mol. The van der Waals surface area contributed by atoms with Gasteiger partial charge in [0.05, 0.1) is 129 Å². The number of rotatable bonds is 34. The first-order chi connectivity index (χ1) is 61.1. The predicted molar refractivity (Wildman–Crippen MR) is 445 cm³/mol. The Kier molecular flexibility index (Phi) is 33.2. The molecule has 0 unspecified atom stereocenters. The molecule has 40 heteroatoms. The zero-order valence-corrected chi connectivity index (χ0v) is 70.0. The topological polar surface area (TPSA) is 548 Å². The Balaban J connectivity index is 0.555. The van der Waals surface area contributed by atoms with E-state index in [4.69, 9.17) is 85.3 Å². The third-order valence-electron chi connectivity index (χ3n) is 23.7. The summed E-state index contributed by atoms with van der Waals surface area (Å²) < 4.78 is 107. The van der Waals surface area contributed by atoms with Crippen LogP contribution in [0.4, 0.5) is 0 Å². The summed E-state index contributed by atoms with van der Waals surface area (Å²) in [6.07, 6.45) is -59.8. The van der Waals surface area contributed by atoms with E-state index in [2.05, 4.69) is 120 Å². The Morgan fingerprint density at radius 2 is 0.516 bits per heavy atom. The third kappa shape index (κ3) is 21.3. The molecule has 22 saturated heterocycles. The van der Waals surface area contributed by atoms with Crippen LogP contribution in [0.3, 0.4) is 0 Å². The van der Waals surface area contributed by atoms with E-state index in [1.54, 1.807) is 0 Å². The Labute approximate surface area is 730 Å². The highest BCUT2D eigenvalue weighted by atomic mass is 32.2. The van der Waals surface area contributed by atoms with Crippen LogP contribution in [0.25, 0.3) is 64.6 Å². The van der Waals surface area contributed by atoms with Gasteiger partial charge in [0.15, 0.2) is 37.7 Å². The zero-order chi connectivity index (χ0) is 88.4. The molecule has 0 aliphatic carbocycles. The molecule has 8 aromatic rings. The standard InChI is InChI=1S/C86H110N2O36S2/c89-31-51-75-65(97)71(103)83(115-51)123-79-55(37-125-39-57(93)87-19-21-107-23-25-109-27-29-111-35-47-13-11-45-9-7-41-3-1-5-43-15-17-49(47)61(45)59(41)43)117-85(73(105)67(79)99)121-77-53(33-91)113-81(69(101)63(77)95)120-76-52(32-90)116-84(72(104)66(76)98)124-80-56(118-86(74(106)68(80)100)122-78-54(34-92)114-82(119-75)70(102)64(78)96)38-126-40-58(94)88-20-22-108-24-26-110-28-30-112-36-48-14-12-46-10-8-42-4-2-6-44-16-18-50(48)62(46)60(42)44/h1-18,51-56,63-86,89-92,95-106H,19-40H2,(H,87,93)(H,88,94)/t51-,52-,53-,54-,55-,56-,63-,64-,65-,66-,67-,68-,69-,70-,71-,72-,73-,74-,75-,76-,77-,78-,79-,80-,81-,82-,83-,84-,85-,86-/m1/s1. The van der Waals surface area contributed by atoms with Gasteiger partial charge in [0, 0.05) is 24.6 Å². The SMILES string of the molecule is O=C(CSC[C@H]1O[C@@H]2O[C@H]3[C@H](O)[C@@H](O)[C@@H](O[C@H]4[C@H](O)[C@@H](O)[C@@H](O[C@H]5[C@H](O)[C@@H](O)[C@@H](O[C@H]6[C@H](O)[C@@H](O)[C@@H](O[C@H]7[C@H](O)[C@@H](O)[C@@H](O[C@H]1[C@H](O)[C@H]2O)O[C@@H]7CO)O[C@@H]6CO)O[C@@H]5CSCC(=O)NCCOCCOCCOCc1ccc2ccc5cccc6ccc1c2c56)O[C@@H]4CO)O[C@@H]3CO)NCCOCCOCCOCc1ccc2ccc3cccc4ccc1c2c34. The largest absolute Gasteiger partial charge is 0.394 e. The second-order valence-corrected chi connectivity index (χ2v) is 34.0. The lowest BCUT2D eigenvalue weighted by Gasteiger charge is -2.51. The molecule has 30 atom stereocenters. The number of amides is 2. The number of benzene rings is 8. The molecule has 0 saturated carbocycles. The minimum absolute atomic E-state index is 0.0696. The summed E-state index contributed by atoms with van der Waals surface area (Å²) in [6, 6.07) is 37.9. The molecule has 692 valence electrons. The van der Waals surface area contributed by atoms with Crippen molar-refractivity contribution in [3.05, 3.63) is 120 Å². The van der Waals surface area contributed by atoms with E-state index in [9.17, 15) is 91.3 Å². The van der Waals surface area contributed by atoms with Gasteiger partial charge in [-0.05, 0) is 75.8 Å². The smallest absolute Gasteiger partial charge is 0.230 e. The molecule has 2 amide bonds. The van der Waals surface area contributed by atoms with E-state index in [1.807, 2.05) is 0 Å². The van der Waals surface area contributed by atoms with Crippen LogP contribution < -0.4 is 10.6 Å². The van der Waals surface area contributed by atoms with Crippen molar-refractivity contribution in [1.29, 1.82) is 0 Å². The van der Waals surface area contributed by atoms with Crippen molar-refractivity contribution in [2.24, 2.45) is 0 Å². The third-order valence-corrected chi connectivity index (χ3v) is 25.8. The molecule has 22 aliphatic rings. The molecule has 0 aromatic heterocycles. The molecule has 0 radical (unpaired) electrons. The molecule has 22 aliphatic heterocycles. The maximum atomic E-state index is 13.3. The first kappa shape index (κ1) is 94.8.